The lowest BCUT2D eigenvalue weighted by molar-refractivity contribution is 0.102. The molecule has 1 aliphatic heterocycles. The fourth-order valence-electron chi connectivity index (χ4n) is 6.23. The first-order valence-electron chi connectivity index (χ1n) is 14.9. The maximum atomic E-state index is 12.9. The first-order chi connectivity index (χ1) is 19.5. The zero-order valence-electron chi connectivity index (χ0n) is 26.0. The van der Waals surface area contributed by atoms with E-state index in [0.29, 0.717) is 27.3 Å². The molecule has 2 aromatic carbocycles. The van der Waals surface area contributed by atoms with E-state index in [2.05, 4.69) is 112 Å². The van der Waals surface area contributed by atoms with E-state index in [1.807, 2.05) is 17.5 Å². The molecular weight excluding hydrogens is 541 g/mol. The third-order valence-electron chi connectivity index (χ3n) is 8.74. The molecule has 1 fully saturated rings. The van der Waals surface area contributed by atoms with Gasteiger partial charge in [0.25, 0.3) is 5.91 Å². The molecule has 7 heteroatoms. The van der Waals surface area contributed by atoms with Crippen molar-refractivity contribution in [3.8, 4) is 22.7 Å². The van der Waals surface area contributed by atoms with Gasteiger partial charge in [0, 0.05) is 54.8 Å². The second-order valence-corrected chi connectivity index (χ2v) is 18.9. The number of anilines is 1. The number of hydrogen-bond donors (Lipinski definition) is 1. The van der Waals surface area contributed by atoms with E-state index in [-0.39, 0.29) is 5.91 Å². The minimum absolute atomic E-state index is 0.132. The van der Waals surface area contributed by atoms with Crippen LogP contribution >= 0.6 is 11.3 Å². The molecule has 0 unspecified atom stereocenters. The van der Waals surface area contributed by atoms with Gasteiger partial charge in [-0.2, -0.15) is 0 Å². The normalized spacial score (nSPS) is 14.9. The summed E-state index contributed by atoms with van der Waals surface area (Å²) in [5, 5.41) is 5.59. The van der Waals surface area contributed by atoms with Crippen molar-refractivity contribution in [2.24, 2.45) is 0 Å². The summed E-state index contributed by atoms with van der Waals surface area (Å²) < 4.78 is 0. The Bertz CT molecular complexity index is 1370. The predicted molar refractivity (Wildman–Crippen MR) is 177 cm³/mol. The molecule has 0 radical (unpaired) electrons. The van der Waals surface area contributed by atoms with Crippen molar-refractivity contribution in [3.63, 3.8) is 0 Å². The number of piperazine rings is 1. The molecule has 0 bridgehead atoms. The molecule has 218 valence electrons. The lowest BCUT2D eigenvalue weighted by Crippen LogP contribution is -2.43. The van der Waals surface area contributed by atoms with Gasteiger partial charge >= 0.3 is 0 Å². The van der Waals surface area contributed by atoms with E-state index in [9.17, 15) is 4.79 Å². The Balaban J connectivity index is 1.41. The number of aromatic nitrogens is 1. The van der Waals surface area contributed by atoms with Crippen molar-refractivity contribution >= 4 is 30.4 Å². The number of carbonyl (C=O) groups excluding carboxylic acids is 1. The lowest BCUT2D eigenvalue weighted by atomic mass is 10.0. The molecule has 1 N–H and O–H groups in total. The summed E-state index contributed by atoms with van der Waals surface area (Å²) in [4.78, 5) is 22.5. The van der Waals surface area contributed by atoms with Gasteiger partial charge in [-0.25, -0.2) is 4.98 Å². The number of amides is 1. The van der Waals surface area contributed by atoms with Crippen LogP contribution in [0.1, 0.15) is 68.6 Å². The molecule has 5 nitrogen and oxygen atoms in total. The zero-order valence-corrected chi connectivity index (χ0v) is 27.9. The number of thiazole rings is 1. The number of nitrogens with one attached hydrogen (secondary N) is 1. The summed E-state index contributed by atoms with van der Waals surface area (Å²) in [6.07, 6.45) is 0. The molecule has 0 aliphatic carbocycles. The van der Waals surface area contributed by atoms with Crippen molar-refractivity contribution in [1.82, 2.24) is 14.8 Å². The molecule has 1 aliphatic rings. The molecule has 1 saturated heterocycles. The first-order valence-corrected chi connectivity index (χ1v) is 18.0. The number of benzene rings is 2. The topological polar surface area (TPSA) is 48.5 Å². The van der Waals surface area contributed by atoms with Crippen LogP contribution in [-0.2, 0) is 6.54 Å². The van der Waals surface area contributed by atoms with Gasteiger partial charge in [0.15, 0.2) is 5.13 Å². The first kappa shape index (κ1) is 31.2. The third kappa shape index (κ3) is 7.36. The Labute approximate surface area is 252 Å². The number of hydrogen-bond acceptors (Lipinski definition) is 5. The zero-order chi connectivity index (χ0) is 29.7. The van der Waals surface area contributed by atoms with Crippen molar-refractivity contribution in [2.75, 3.05) is 38.5 Å². The highest BCUT2D eigenvalue weighted by Crippen LogP contribution is 2.41. The molecule has 0 spiro atoms. The summed E-state index contributed by atoms with van der Waals surface area (Å²) in [5.74, 6) is 3.45. The largest absolute Gasteiger partial charge is 0.304 e. The van der Waals surface area contributed by atoms with Crippen LogP contribution in [0, 0.1) is 18.4 Å². The second kappa shape index (κ2) is 13.5. The fraction of sp³-hybridized carbons (Fsp3) is 0.471. The van der Waals surface area contributed by atoms with Crippen molar-refractivity contribution in [3.05, 3.63) is 70.1 Å². The molecule has 0 saturated carbocycles. The highest BCUT2D eigenvalue weighted by molar-refractivity contribution is 7.14. The van der Waals surface area contributed by atoms with Crippen LogP contribution < -0.4 is 5.32 Å². The standard InChI is InChI=1S/C34H46N4OSSi/c1-24(2)41(25(3)4,26(5)6)20-15-29-13-14-31(21-27(29)7)32-23-40-34(35-32)36-33(39)30-11-9-28(10-12-30)22-38-18-16-37(8)17-19-38/h9-14,21,23-26H,16-19,22H2,1-8H3,(H,35,36,39). The van der Waals surface area contributed by atoms with Crippen LogP contribution in [0.25, 0.3) is 11.3 Å². The van der Waals surface area contributed by atoms with E-state index in [1.54, 1.807) is 0 Å². The number of likely N-dealkylation sites (N-methyl/N-ethyl adjacent to an activating group) is 1. The molecule has 3 aromatic rings. The monoisotopic (exact) mass is 586 g/mol. The smallest absolute Gasteiger partial charge is 0.257 e. The van der Waals surface area contributed by atoms with Crippen LogP contribution in [0.3, 0.4) is 0 Å². The van der Waals surface area contributed by atoms with Gasteiger partial charge < -0.3 is 4.90 Å². The third-order valence-corrected chi connectivity index (χ3v) is 15.8. The summed E-state index contributed by atoms with van der Waals surface area (Å²) >= 11 is 1.45. The molecule has 2 heterocycles. The van der Waals surface area contributed by atoms with E-state index in [1.165, 1.54) is 16.9 Å². The van der Waals surface area contributed by atoms with Gasteiger partial charge in [-0.3, -0.25) is 15.0 Å². The van der Waals surface area contributed by atoms with Crippen LogP contribution in [0.15, 0.2) is 47.8 Å². The van der Waals surface area contributed by atoms with E-state index >= 15 is 0 Å². The minimum atomic E-state index is -1.78. The summed E-state index contributed by atoms with van der Waals surface area (Å²) in [5.41, 5.74) is 11.7. The van der Waals surface area contributed by atoms with Gasteiger partial charge in [-0.05, 0) is 66.0 Å². The minimum Gasteiger partial charge on any atom is -0.304 e. The van der Waals surface area contributed by atoms with Gasteiger partial charge in [-0.1, -0.05) is 65.7 Å². The molecule has 1 aromatic heterocycles. The molecular formula is C34H46N4OSSi. The number of carbonyl (C=O) groups is 1. The highest BCUT2D eigenvalue weighted by Gasteiger charge is 2.41. The van der Waals surface area contributed by atoms with Crippen LogP contribution in [0.2, 0.25) is 16.6 Å². The van der Waals surface area contributed by atoms with Crippen molar-refractivity contribution in [2.45, 2.75) is 71.6 Å². The predicted octanol–water partition coefficient (Wildman–Crippen LogP) is 7.69. The van der Waals surface area contributed by atoms with Crippen molar-refractivity contribution in [1.29, 1.82) is 0 Å². The van der Waals surface area contributed by atoms with E-state index in [0.717, 1.165) is 55.1 Å². The lowest BCUT2D eigenvalue weighted by Gasteiger charge is -2.38. The Kier molecular flexibility index (Phi) is 10.2. The quantitative estimate of drug-likeness (QED) is 0.217. The number of aryl methyl sites for hydroxylation is 1. The maximum absolute atomic E-state index is 12.9. The maximum Gasteiger partial charge on any atom is 0.257 e. The highest BCUT2D eigenvalue weighted by atomic mass is 32.1. The molecule has 1 amide bonds. The van der Waals surface area contributed by atoms with Crippen LogP contribution in [-0.4, -0.2) is 62.0 Å². The summed E-state index contributed by atoms with van der Waals surface area (Å²) in [6.45, 7) is 21.5. The Hall–Kier alpha value is -2.76. The average molecular weight is 587 g/mol. The van der Waals surface area contributed by atoms with Gasteiger partial charge in [-0.15, -0.1) is 16.9 Å². The SMILES string of the molecule is Cc1cc(-c2csc(NC(=O)c3ccc(CN4CCN(C)CC4)cc3)n2)ccc1C#C[Si](C(C)C)(C(C)C)C(C)C. The van der Waals surface area contributed by atoms with E-state index in [4.69, 9.17) is 4.98 Å². The van der Waals surface area contributed by atoms with Gasteiger partial charge in [0.2, 0.25) is 0 Å². The second-order valence-electron chi connectivity index (χ2n) is 12.4. The number of rotatable bonds is 8. The molecule has 4 rings (SSSR count). The van der Waals surface area contributed by atoms with E-state index < -0.39 is 8.07 Å². The Morgan fingerprint density at radius 2 is 1.61 bits per heavy atom. The van der Waals surface area contributed by atoms with Gasteiger partial charge in [0.1, 0.15) is 8.07 Å². The summed E-state index contributed by atoms with van der Waals surface area (Å²) in [6, 6.07) is 14.3. The Morgan fingerprint density at radius 1 is 0.976 bits per heavy atom. The molecule has 0 atom stereocenters. The Morgan fingerprint density at radius 3 is 2.20 bits per heavy atom. The van der Waals surface area contributed by atoms with Crippen LogP contribution in [0.4, 0.5) is 5.13 Å². The van der Waals surface area contributed by atoms with Crippen molar-refractivity contribution < 1.29 is 4.79 Å². The summed E-state index contributed by atoms with van der Waals surface area (Å²) in [7, 11) is 0.386. The fourth-order valence-corrected chi connectivity index (χ4v) is 12.2. The number of nitrogens with zero attached hydrogens (tertiary/aromatic N) is 3. The average Bonchev–Trinajstić information content (AvgIpc) is 3.39. The van der Waals surface area contributed by atoms with Crippen LogP contribution in [0.5, 0.6) is 0 Å². The molecule has 41 heavy (non-hydrogen) atoms. The van der Waals surface area contributed by atoms with Gasteiger partial charge in [0.05, 0.1) is 5.69 Å².